The summed E-state index contributed by atoms with van der Waals surface area (Å²) in [6.07, 6.45) is 5.67. The predicted octanol–water partition coefficient (Wildman–Crippen LogP) is 4.15. The molecule has 1 saturated heterocycles. The molecule has 2 aliphatic rings. The molecule has 0 radical (unpaired) electrons. The molecular weight excluding hydrogens is 426 g/mol. The number of aromatic amines is 1. The minimum atomic E-state index is -0.106. The summed E-state index contributed by atoms with van der Waals surface area (Å²) in [5, 5.41) is 6.74. The van der Waals surface area contributed by atoms with Crippen LogP contribution in [0, 0.1) is 6.92 Å². The number of hydrogen-bond donors (Lipinski definition) is 3. The first-order valence-electron chi connectivity index (χ1n) is 11.9. The van der Waals surface area contributed by atoms with Crippen molar-refractivity contribution in [2.24, 2.45) is 0 Å². The molecule has 0 unspecified atom stereocenters. The van der Waals surface area contributed by atoms with Gasteiger partial charge in [0.05, 0.1) is 12.2 Å². The largest absolute Gasteiger partial charge is 0.383 e. The maximum absolute atomic E-state index is 13.2. The van der Waals surface area contributed by atoms with Gasteiger partial charge in [0, 0.05) is 67.7 Å². The molecule has 3 N–H and O–H groups in total. The zero-order valence-corrected chi connectivity index (χ0v) is 19.7. The first kappa shape index (κ1) is 22.4. The molecule has 1 amide bonds. The number of H-pyrrole nitrogens is 1. The normalized spacial score (nSPS) is 18.0. The second-order valence-electron chi connectivity index (χ2n) is 9.02. The maximum Gasteiger partial charge on any atom is 0.257 e. The number of piperidine rings is 1. The average molecular weight is 458 g/mol. The Kier molecular flexibility index (Phi) is 6.47. The highest BCUT2D eigenvalue weighted by molar-refractivity contribution is 6.38. The van der Waals surface area contributed by atoms with Crippen molar-refractivity contribution in [3.05, 3.63) is 77.4 Å². The standard InChI is InChI=1S/C27H31N5O2/c1-18-3-5-19(6-4-18)24(26-28-11-12-29-26)25-22-17-21(7-8-23(22)31-27(25)33)30-20-9-13-32(14-10-20)15-16-34-2/h3-8,11-12,17,20,30H,9-10,13-16H2,1-2H3,(H,28,29)(H,31,33)/b25-24-. The van der Waals surface area contributed by atoms with Gasteiger partial charge in [-0.15, -0.1) is 0 Å². The van der Waals surface area contributed by atoms with Crippen molar-refractivity contribution in [3.8, 4) is 0 Å². The number of aromatic nitrogens is 2. The molecule has 2 aliphatic heterocycles. The number of imidazole rings is 1. The van der Waals surface area contributed by atoms with Gasteiger partial charge in [-0.25, -0.2) is 4.98 Å². The maximum atomic E-state index is 13.2. The molecule has 7 heteroatoms. The van der Waals surface area contributed by atoms with Gasteiger partial charge in [0.15, 0.2) is 0 Å². The quantitative estimate of drug-likeness (QED) is 0.464. The van der Waals surface area contributed by atoms with Crippen LogP contribution in [0.5, 0.6) is 0 Å². The van der Waals surface area contributed by atoms with Gasteiger partial charge in [0.25, 0.3) is 5.91 Å². The number of fused-ring (bicyclic) bond motifs is 1. The second-order valence-corrected chi connectivity index (χ2v) is 9.02. The van der Waals surface area contributed by atoms with Crippen LogP contribution < -0.4 is 10.6 Å². The molecule has 3 aromatic rings. The molecule has 1 fully saturated rings. The number of carbonyl (C=O) groups is 1. The number of amides is 1. The van der Waals surface area contributed by atoms with Gasteiger partial charge in [-0.2, -0.15) is 0 Å². The number of aryl methyl sites for hydroxylation is 1. The van der Waals surface area contributed by atoms with E-state index in [2.05, 4.69) is 56.7 Å². The second kappa shape index (κ2) is 9.83. The molecule has 0 atom stereocenters. The van der Waals surface area contributed by atoms with E-state index >= 15 is 0 Å². The smallest absolute Gasteiger partial charge is 0.257 e. The fourth-order valence-corrected chi connectivity index (χ4v) is 4.78. The third kappa shape index (κ3) is 4.62. The van der Waals surface area contributed by atoms with Crippen molar-refractivity contribution in [2.45, 2.75) is 25.8 Å². The lowest BCUT2D eigenvalue weighted by Crippen LogP contribution is -2.40. The van der Waals surface area contributed by atoms with Crippen molar-refractivity contribution >= 4 is 28.4 Å². The van der Waals surface area contributed by atoms with Gasteiger partial charge in [-0.1, -0.05) is 29.8 Å². The number of ether oxygens (including phenoxy) is 1. The molecule has 3 heterocycles. The van der Waals surface area contributed by atoms with Crippen molar-refractivity contribution in [2.75, 3.05) is 44.0 Å². The van der Waals surface area contributed by atoms with Crippen LogP contribution in [0.3, 0.4) is 0 Å². The Labute approximate surface area is 200 Å². The summed E-state index contributed by atoms with van der Waals surface area (Å²) in [7, 11) is 1.75. The van der Waals surface area contributed by atoms with Crippen molar-refractivity contribution in [3.63, 3.8) is 0 Å². The highest BCUT2D eigenvalue weighted by Crippen LogP contribution is 2.40. The van der Waals surface area contributed by atoms with E-state index in [0.717, 1.165) is 67.2 Å². The van der Waals surface area contributed by atoms with Gasteiger partial charge in [0.2, 0.25) is 0 Å². The number of anilines is 2. The van der Waals surface area contributed by atoms with E-state index in [-0.39, 0.29) is 5.91 Å². The predicted molar refractivity (Wildman–Crippen MR) is 136 cm³/mol. The Morgan fingerprint density at radius 1 is 1.18 bits per heavy atom. The minimum Gasteiger partial charge on any atom is -0.383 e. The number of hydrogen-bond acceptors (Lipinski definition) is 5. The van der Waals surface area contributed by atoms with Crippen LogP contribution in [0.1, 0.15) is 35.4 Å². The summed E-state index contributed by atoms with van der Waals surface area (Å²) in [4.78, 5) is 23.3. The van der Waals surface area contributed by atoms with E-state index in [4.69, 9.17) is 4.74 Å². The van der Waals surface area contributed by atoms with Crippen LogP contribution >= 0.6 is 0 Å². The molecule has 0 aliphatic carbocycles. The number of benzene rings is 2. The van der Waals surface area contributed by atoms with E-state index < -0.39 is 0 Å². The average Bonchev–Trinajstić information content (AvgIpc) is 3.49. The van der Waals surface area contributed by atoms with Crippen LogP contribution in [-0.4, -0.2) is 60.2 Å². The number of rotatable bonds is 7. The zero-order valence-electron chi connectivity index (χ0n) is 19.7. The van der Waals surface area contributed by atoms with E-state index in [1.54, 1.807) is 19.5 Å². The molecule has 176 valence electrons. The first-order chi connectivity index (χ1) is 16.6. The van der Waals surface area contributed by atoms with Gasteiger partial charge in [0.1, 0.15) is 5.82 Å². The number of methoxy groups -OCH3 is 1. The number of likely N-dealkylation sites (tertiary alicyclic amines) is 1. The van der Waals surface area contributed by atoms with Gasteiger partial charge in [-0.3, -0.25) is 4.79 Å². The van der Waals surface area contributed by atoms with E-state index in [0.29, 0.717) is 17.4 Å². The van der Waals surface area contributed by atoms with Gasteiger partial charge >= 0.3 is 0 Å². The highest BCUT2D eigenvalue weighted by atomic mass is 16.5. The van der Waals surface area contributed by atoms with Crippen molar-refractivity contribution in [1.82, 2.24) is 14.9 Å². The summed E-state index contributed by atoms with van der Waals surface area (Å²) >= 11 is 0. The van der Waals surface area contributed by atoms with E-state index in [1.165, 1.54) is 5.56 Å². The Hall–Kier alpha value is -3.42. The molecule has 5 rings (SSSR count). The lowest BCUT2D eigenvalue weighted by molar-refractivity contribution is -0.110. The van der Waals surface area contributed by atoms with Gasteiger partial charge in [-0.05, 0) is 43.5 Å². The highest BCUT2D eigenvalue weighted by Gasteiger charge is 2.30. The SMILES string of the molecule is COCCN1CCC(Nc2ccc3c(c2)/C(=C(\c2ccc(C)cc2)c2ncc[nH]2)C(=O)N3)CC1. The van der Waals surface area contributed by atoms with E-state index in [1.807, 2.05) is 18.2 Å². The summed E-state index contributed by atoms with van der Waals surface area (Å²) in [5.74, 6) is 0.578. The molecule has 0 saturated carbocycles. The monoisotopic (exact) mass is 457 g/mol. The summed E-state index contributed by atoms with van der Waals surface area (Å²) in [5.41, 5.74) is 6.35. The molecule has 7 nitrogen and oxygen atoms in total. The zero-order chi connectivity index (χ0) is 23.5. The Morgan fingerprint density at radius 3 is 2.68 bits per heavy atom. The summed E-state index contributed by atoms with van der Waals surface area (Å²) in [6.45, 7) is 5.94. The molecule has 0 spiro atoms. The molecule has 34 heavy (non-hydrogen) atoms. The topological polar surface area (TPSA) is 82.3 Å². The van der Waals surface area contributed by atoms with E-state index in [9.17, 15) is 4.79 Å². The van der Waals surface area contributed by atoms with Gasteiger partial charge < -0.3 is 25.3 Å². The van der Waals surface area contributed by atoms with Crippen LogP contribution in [0.4, 0.5) is 11.4 Å². The van der Waals surface area contributed by atoms with Crippen LogP contribution in [-0.2, 0) is 9.53 Å². The van der Waals surface area contributed by atoms with Crippen molar-refractivity contribution in [1.29, 1.82) is 0 Å². The summed E-state index contributed by atoms with van der Waals surface area (Å²) < 4.78 is 5.21. The van der Waals surface area contributed by atoms with Crippen LogP contribution in [0.2, 0.25) is 0 Å². The third-order valence-electron chi connectivity index (χ3n) is 6.66. The number of nitrogens with zero attached hydrogens (tertiary/aromatic N) is 2. The number of carbonyl (C=O) groups excluding carboxylic acids is 1. The van der Waals surface area contributed by atoms with Crippen molar-refractivity contribution < 1.29 is 9.53 Å². The third-order valence-corrected chi connectivity index (χ3v) is 6.66. The fraction of sp³-hybridized carbons (Fsp3) is 0.333. The molecule has 2 aromatic carbocycles. The lowest BCUT2D eigenvalue weighted by Gasteiger charge is -2.32. The Balaban J connectivity index is 1.45. The number of nitrogens with one attached hydrogen (secondary N) is 3. The Morgan fingerprint density at radius 2 is 1.97 bits per heavy atom. The molecule has 0 bridgehead atoms. The minimum absolute atomic E-state index is 0.106. The first-order valence-corrected chi connectivity index (χ1v) is 11.9. The van der Waals surface area contributed by atoms with Crippen LogP contribution in [0.25, 0.3) is 11.1 Å². The van der Waals surface area contributed by atoms with Crippen LogP contribution in [0.15, 0.2) is 54.9 Å². The Bertz CT molecular complexity index is 1180. The molecule has 1 aromatic heterocycles. The lowest BCUT2D eigenvalue weighted by atomic mass is 9.94. The molecular formula is C27H31N5O2. The fourth-order valence-electron chi connectivity index (χ4n) is 4.78. The summed E-state index contributed by atoms with van der Waals surface area (Å²) in [6, 6.07) is 14.8.